The number of urea groups is 1. The summed E-state index contributed by atoms with van der Waals surface area (Å²) in [7, 11) is -7.91. The molecule has 0 spiro atoms. The molecule has 0 saturated heterocycles. The van der Waals surface area contributed by atoms with Crippen molar-refractivity contribution in [3.8, 4) is 11.5 Å². The first-order valence-corrected chi connectivity index (χ1v) is 13.9. The number of nitrogens with one attached hydrogen (secondary N) is 2. The Bertz CT molecular complexity index is 1430. The first kappa shape index (κ1) is 25.0. The molecule has 8 nitrogen and oxygen atoms in total. The Morgan fingerprint density at radius 1 is 0.722 bits per heavy atom. The smallest absolute Gasteiger partial charge is 0.413 e. The summed E-state index contributed by atoms with van der Waals surface area (Å²) in [5.74, 6) is 0.722. The van der Waals surface area contributed by atoms with Gasteiger partial charge in [-0.2, -0.15) is 0 Å². The molecule has 0 atom stereocenters. The molecule has 0 aromatic heterocycles. The van der Waals surface area contributed by atoms with Crippen LogP contribution in [0.1, 0.15) is 5.56 Å². The predicted octanol–water partition coefficient (Wildman–Crippen LogP) is 5.48. The molecule has 0 aliphatic carbocycles. The molecule has 0 aliphatic heterocycles. The monoisotopic (exact) mass is 522 g/mol. The van der Waals surface area contributed by atoms with Crippen LogP contribution in [0.5, 0.6) is 11.5 Å². The van der Waals surface area contributed by atoms with Crippen LogP contribution in [0.3, 0.4) is 0 Å². The van der Waals surface area contributed by atoms with E-state index in [4.69, 9.17) is 9.05 Å². The van der Waals surface area contributed by atoms with Crippen LogP contribution in [0, 0.1) is 6.92 Å². The van der Waals surface area contributed by atoms with Crippen LogP contribution < -0.4 is 24.4 Å². The van der Waals surface area contributed by atoms with E-state index in [9.17, 15) is 17.8 Å². The molecule has 0 bridgehead atoms. The number of rotatable bonds is 8. The zero-order valence-electron chi connectivity index (χ0n) is 19.2. The Labute approximate surface area is 209 Å². The highest BCUT2D eigenvalue weighted by Crippen LogP contribution is 2.47. The van der Waals surface area contributed by atoms with Gasteiger partial charge in [0.1, 0.15) is 11.5 Å². The number of para-hydroxylation sites is 2. The van der Waals surface area contributed by atoms with Crippen molar-refractivity contribution in [2.24, 2.45) is 0 Å². The van der Waals surface area contributed by atoms with Crippen LogP contribution in [0.15, 0.2) is 114 Å². The maximum Gasteiger partial charge on any atom is 0.462 e. The van der Waals surface area contributed by atoms with Crippen LogP contribution in [-0.4, -0.2) is 14.4 Å². The van der Waals surface area contributed by atoms with Gasteiger partial charge in [-0.05, 0) is 67.6 Å². The SMILES string of the molecule is Cc1ccc(S(=O)(=O)NC(=O)Nc2ccc(P(=O)(Oc3ccccc3)Oc3ccccc3)cc2)cc1. The Balaban J connectivity index is 1.51. The lowest BCUT2D eigenvalue weighted by atomic mass is 10.2. The standard InChI is InChI=1S/C26H23N2O6PS/c1-20-12-18-25(19-13-20)36(31,32)28-26(29)27-21-14-16-24(17-15-21)35(30,33-22-8-4-2-5-9-22)34-23-10-6-3-7-11-23/h2-19H,1H3,(H2,27,28,29). The number of amides is 2. The Morgan fingerprint density at radius 3 is 1.72 bits per heavy atom. The van der Waals surface area contributed by atoms with Gasteiger partial charge in [-0.15, -0.1) is 0 Å². The van der Waals surface area contributed by atoms with Gasteiger partial charge < -0.3 is 14.4 Å². The maximum absolute atomic E-state index is 13.8. The van der Waals surface area contributed by atoms with Gasteiger partial charge in [0.2, 0.25) is 0 Å². The van der Waals surface area contributed by atoms with Crippen LogP contribution in [0.4, 0.5) is 10.5 Å². The number of hydrogen-bond donors (Lipinski definition) is 2. The second-order valence-corrected chi connectivity index (χ2v) is 11.3. The second kappa shape index (κ2) is 10.7. The van der Waals surface area contributed by atoms with Crippen molar-refractivity contribution in [2.75, 3.05) is 5.32 Å². The minimum Gasteiger partial charge on any atom is -0.413 e. The Kier molecular flexibility index (Phi) is 7.43. The van der Waals surface area contributed by atoms with E-state index >= 15 is 0 Å². The average molecular weight is 523 g/mol. The maximum atomic E-state index is 13.8. The van der Waals surface area contributed by atoms with Crippen LogP contribution in [0.25, 0.3) is 0 Å². The van der Waals surface area contributed by atoms with E-state index in [-0.39, 0.29) is 15.9 Å². The van der Waals surface area contributed by atoms with Gasteiger partial charge in [0, 0.05) is 5.69 Å². The lowest BCUT2D eigenvalue weighted by molar-refractivity contribution is 0.256. The van der Waals surface area contributed by atoms with Gasteiger partial charge in [-0.3, -0.25) is 0 Å². The minimum absolute atomic E-state index is 0.0318. The van der Waals surface area contributed by atoms with E-state index in [1.807, 2.05) is 11.6 Å². The largest absolute Gasteiger partial charge is 0.462 e. The van der Waals surface area contributed by atoms with E-state index in [0.29, 0.717) is 11.5 Å². The number of sulfonamides is 1. The first-order valence-electron chi connectivity index (χ1n) is 10.8. The normalized spacial score (nSPS) is 11.4. The van der Waals surface area contributed by atoms with Crippen LogP contribution >= 0.6 is 7.60 Å². The highest BCUT2D eigenvalue weighted by atomic mass is 32.2. The highest BCUT2D eigenvalue weighted by Gasteiger charge is 2.31. The molecule has 2 amide bonds. The molecule has 0 aliphatic rings. The summed E-state index contributed by atoms with van der Waals surface area (Å²) < 4.78 is 52.3. The molecule has 0 unspecified atom stereocenters. The molecule has 0 saturated carbocycles. The van der Waals surface area contributed by atoms with Crippen molar-refractivity contribution >= 4 is 34.6 Å². The highest BCUT2D eigenvalue weighted by molar-refractivity contribution is 7.90. The minimum atomic E-state index is -4.04. The first-order chi connectivity index (χ1) is 17.2. The number of benzene rings is 4. The molecule has 0 radical (unpaired) electrons. The van der Waals surface area contributed by atoms with Crippen LogP contribution in [0.2, 0.25) is 0 Å². The number of carbonyl (C=O) groups excluding carboxylic acids is 1. The number of carbonyl (C=O) groups is 1. The fraction of sp³-hybridized carbons (Fsp3) is 0.0385. The molecule has 10 heteroatoms. The third kappa shape index (κ3) is 6.33. The van der Waals surface area contributed by atoms with Gasteiger partial charge in [0.25, 0.3) is 10.0 Å². The summed E-state index contributed by atoms with van der Waals surface area (Å²) >= 11 is 0. The van der Waals surface area contributed by atoms with Gasteiger partial charge >= 0.3 is 13.6 Å². The molecule has 4 aromatic carbocycles. The van der Waals surface area contributed by atoms with Crippen molar-refractivity contribution in [3.05, 3.63) is 115 Å². The Morgan fingerprint density at radius 2 is 1.22 bits per heavy atom. The summed E-state index contributed by atoms with van der Waals surface area (Å²) in [6.07, 6.45) is 0. The zero-order chi connectivity index (χ0) is 25.6. The van der Waals surface area contributed by atoms with Crippen molar-refractivity contribution in [1.82, 2.24) is 4.72 Å². The van der Waals surface area contributed by atoms with Crippen molar-refractivity contribution < 1.29 is 26.8 Å². The number of anilines is 1. The average Bonchev–Trinajstić information content (AvgIpc) is 2.85. The second-order valence-electron chi connectivity index (χ2n) is 7.73. The van der Waals surface area contributed by atoms with Gasteiger partial charge in [-0.25, -0.2) is 22.5 Å². The zero-order valence-corrected chi connectivity index (χ0v) is 20.9. The topological polar surface area (TPSA) is 111 Å². The molecule has 4 rings (SSSR count). The molecular formula is C26H23N2O6PS. The van der Waals surface area contributed by atoms with Gasteiger partial charge in [0.05, 0.1) is 10.2 Å². The van der Waals surface area contributed by atoms with E-state index in [1.54, 1.807) is 72.8 Å². The summed E-state index contributed by atoms with van der Waals surface area (Å²) in [4.78, 5) is 12.3. The van der Waals surface area contributed by atoms with E-state index < -0.39 is 23.7 Å². The number of hydrogen-bond acceptors (Lipinski definition) is 6. The lowest BCUT2D eigenvalue weighted by Crippen LogP contribution is -2.34. The molecule has 36 heavy (non-hydrogen) atoms. The molecule has 2 N–H and O–H groups in total. The summed E-state index contributed by atoms with van der Waals surface area (Å²) in [6.45, 7) is 1.83. The lowest BCUT2D eigenvalue weighted by Gasteiger charge is -2.20. The van der Waals surface area contributed by atoms with Crippen LogP contribution in [-0.2, 0) is 14.6 Å². The summed E-state index contributed by atoms with van der Waals surface area (Å²) in [5.41, 5.74) is 1.17. The van der Waals surface area contributed by atoms with Crippen molar-refractivity contribution in [1.29, 1.82) is 0 Å². The third-order valence-electron chi connectivity index (χ3n) is 4.94. The molecule has 4 aromatic rings. The third-order valence-corrected chi connectivity index (χ3v) is 8.12. The molecular weight excluding hydrogens is 499 g/mol. The van der Waals surface area contributed by atoms with Crippen molar-refractivity contribution in [3.63, 3.8) is 0 Å². The summed E-state index contributed by atoms with van der Waals surface area (Å²) in [6, 6.07) is 28.3. The van der Waals surface area contributed by atoms with E-state index in [1.165, 1.54) is 36.4 Å². The molecule has 184 valence electrons. The molecule has 0 heterocycles. The fourth-order valence-electron chi connectivity index (χ4n) is 3.15. The van der Waals surface area contributed by atoms with Gasteiger partial charge in [-0.1, -0.05) is 54.1 Å². The summed E-state index contributed by atoms with van der Waals surface area (Å²) in [5, 5.41) is 2.70. The van der Waals surface area contributed by atoms with E-state index in [2.05, 4.69) is 5.32 Å². The predicted molar refractivity (Wildman–Crippen MR) is 138 cm³/mol. The Hall–Kier alpha value is -4.07. The quantitative estimate of drug-likeness (QED) is 0.297. The van der Waals surface area contributed by atoms with Crippen molar-refractivity contribution in [2.45, 2.75) is 11.8 Å². The fourth-order valence-corrected chi connectivity index (χ4v) is 5.61. The van der Waals surface area contributed by atoms with E-state index in [0.717, 1.165) is 5.56 Å². The molecule has 0 fully saturated rings. The number of aryl methyl sites for hydroxylation is 1. The van der Waals surface area contributed by atoms with Gasteiger partial charge in [0.15, 0.2) is 0 Å².